The second-order valence-electron chi connectivity index (χ2n) is 5.98. The molecule has 19 heavy (non-hydrogen) atoms. The number of aryl methyl sites for hydroxylation is 1. The van der Waals surface area contributed by atoms with Crippen molar-refractivity contribution in [2.24, 2.45) is 5.92 Å². The fourth-order valence-corrected chi connectivity index (χ4v) is 2.79. The summed E-state index contributed by atoms with van der Waals surface area (Å²) in [4.78, 5) is 0. The zero-order valence-electron chi connectivity index (χ0n) is 11.9. The minimum absolute atomic E-state index is 0.395. The highest BCUT2D eigenvalue weighted by Crippen LogP contribution is 2.55. The fraction of sp³-hybridized carbons (Fsp3) is 0.600. The Hall–Kier alpha value is -1.58. The summed E-state index contributed by atoms with van der Waals surface area (Å²) < 4.78 is 10.7. The van der Waals surface area contributed by atoms with E-state index in [1.165, 1.54) is 0 Å². The molecule has 3 rings (SSSR count). The van der Waals surface area contributed by atoms with Crippen LogP contribution in [0.2, 0.25) is 0 Å². The van der Waals surface area contributed by atoms with E-state index in [-0.39, 0.29) is 0 Å². The number of nitrogens with zero attached hydrogens (tertiary/aromatic N) is 2. The zero-order chi connectivity index (χ0) is 13.6. The molecule has 0 saturated heterocycles. The quantitative estimate of drug-likeness (QED) is 0.833. The topological polar surface area (TPSA) is 52.1 Å². The van der Waals surface area contributed by atoms with Gasteiger partial charge in [0.15, 0.2) is 0 Å². The fourth-order valence-electron chi connectivity index (χ4n) is 2.79. The molecule has 1 fully saturated rings. The van der Waals surface area contributed by atoms with Gasteiger partial charge in [-0.1, -0.05) is 31.1 Å². The van der Waals surface area contributed by atoms with Crippen LogP contribution in [0.5, 0.6) is 0 Å². The smallest absolute Gasteiger partial charge is 0.142 e. The van der Waals surface area contributed by atoms with Crippen molar-refractivity contribution in [3.8, 4) is 0 Å². The van der Waals surface area contributed by atoms with Crippen LogP contribution >= 0.6 is 0 Å². The van der Waals surface area contributed by atoms with Gasteiger partial charge in [0.1, 0.15) is 11.5 Å². The van der Waals surface area contributed by atoms with E-state index in [4.69, 9.17) is 9.05 Å². The minimum Gasteiger partial charge on any atom is -0.361 e. The molecule has 1 saturated carbocycles. The summed E-state index contributed by atoms with van der Waals surface area (Å²) in [6, 6.07) is 2.11. The van der Waals surface area contributed by atoms with Crippen LogP contribution in [0.1, 0.15) is 67.7 Å². The molecule has 2 heterocycles. The van der Waals surface area contributed by atoms with Gasteiger partial charge in [0.2, 0.25) is 0 Å². The molecule has 3 atom stereocenters. The third-order valence-corrected chi connectivity index (χ3v) is 4.18. The SMILES string of the molecule is Cc1cnoc1C(C)C1CC1c1cc(C(C)C)on1. The normalized spacial score (nSPS) is 23.8. The van der Waals surface area contributed by atoms with Gasteiger partial charge in [-0.3, -0.25) is 0 Å². The van der Waals surface area contributed by atoms with Crippen LogP contribution in [-0.4, -0.2) is 10.3 Å². The Morgan fingerprint density at radius 1 is 1.26 bits per heavy atom. The summed E-state index contributed by atoms with van der Waals surface area (Å²) in [5, 5.41) is 8.08. The Bertz CT molecular complexity index is 570. The molecule has 0 radical (unpaired) electrons. The second-order valence-corrected chi connectivity index (χ2v) is 5.98. The molecule has 2 aromatic heterocycles. The lowest BCUT2D eigenvalue weighted by Crippen LogP contribution is -1.98. The predicted octanol–water partition coefficient (Wildman–Crippen LogP) is 4.00. The summed E-state index contributed by atoms with van der Waals surface area (Å²) in [5.74, 6) is 3.89. The summed E-state index contributed by atoms with van der Waals surface area (Å²) in [5.41, 5.74) is 2.24. The van der Waals surface area contributed by atoms with E-state index < -0.39 is 0 Å². The van der Waals surface area contributed by atoms with Crippen LogP contribution in [0, 0.1) is 12.8 Å². The van der Waals surface area contributed by atoms with Gasteiger partial charge in [0.25, 0.3) is 0 Å². The maximum atomic E-state index is 5.38. The molecule has 4 heteroatoms. The van der Waals surface area contributed by atoms with Gasteiger partial charge in [0.05, 0.1) is 11.9 Å². The van der Waals surface area contributed by atoms with Crippen molar-refractivity contribution in [2.75, 3.05) is 0 Å². The van der Waals surface area contributed by atoms with Gasteiger partial charge in [0, 0.05) is 29.4 Å². The molecule has 4 nitrogen and oxygen atoms in total. The van der Waals surface area contributed by atoms with E-state index in [1.54, 1.807) is 6.20 Å². The summed E-state index contributed by atoms with van der Waals surface area (Å²) >= 11 is 0. The van der Waals surface area contributed by atoms with E-state index >= 15 is 0 Å². The monoisotopic (exact) mass is 260 g/mol. The second kappa shape index (κ2) is 4.51. The van der Waals surface area contributed by atoms with Crippen molar-refractivity contribution in [2.45, 2.75) is 51.9 Å². The Morgan fingerprint density at radius 3 is 2.63 bits per heavy atom. The van der Waals surface area contributed by atoms with Crippen molar-refractivity contribution >= 4 is 0 Å². The number of hydrogen-bond donors (Lipinski definition) is 0. The van der Waals surface area contributed by atoms with Crippen LogP contribution in [-0.2, 0) is 0 Å². The first-order valence-corrected chi connectivity index (χ1v) is 6.95. The van der Waals surface area contributed by atoms with Crippen LogP contribution in [0.15, 0.2) is 21.3 Å². The lowest BCUT2D eigenvalue weighted by Gasteiger charge is -2.07. The average Bonchev–Trinajstić information content (AvgIpc) is 2.83. The van der Waals surface area contributed by atoms with Crippen molar-refractivity contribution in [3.05, 3.63) is 35.0 Å². The molecule has 1 aliphatic carbocycles. The Labute approximate surface area is 113 Å². The molecule has 0 aromatic carbocycles. The summed E-state index contributed by atoms with van der Waals surface area (Å²) in [6.45, 7) is 8.50. The van der Waals surface area contributed by atoms with E-state index in [9.17, 15) is 0 Å². The molecule has 2 aromatic rings. The van der Waals surface area contributed by atoms with Gasteiger partial charge < -0.3 is 9.05 Å². The third-order valence-electron chi connectivity index (χ3n) is 4.18. The molecule has 1 aliphatic rings. The van der Waals surface area contributed by atoms with Crippen LogP contribution < -0.4 is 0 Å². The molecule has 102 valence electrons. The maximum absolute atomic E-state index is 5.38. The summed E-state index contributed by atoms with van der Waals surface area (Å²) in [6.07, 6.45) is 2.95. The van der Waals surface area contributed by atoms with Crippen molar-refractivity contribution in [1.82, 2.24) is 10.3 Å². The van der Waals surface area contributed by atoms with Crippen LogP contribution in [0.4, 0.5) is 0 Å². The van der Waals surface area contributed by atoms with Crippen molar-refractivity contribution < 1.29 is 9.05 Å². The Morgan fingerprint density at radius 2 is 2.05 bits per heavy atom. The first-order valence-electron chi connectivity index (χ1n) is 6.95. The lowest BCUT2D eigenvalue weighted by molar-refractivity contribution is 0.349. The van der Waals surface area contributed by atoms with Gasteiger partial charge in [-0.05, 0) is 19.3 Å². The minimum atomic E-state index is 0.395. The van der Waals surface area contributed by atoms with E-state index in [0.717, 1.165) is 29.2 Å². The largest absolute Gasteiger partial charge is 0.361 e. The molecule has 0 amide bonds. The highest BCUT2D eigenvalue weighted by atomic mass is 16.5. The third kappa shape index (κ3) is 2.20. The number of aromatic nitrogens is 2. The molecule has 0 aliphatic heterocycles. The van der Waals surface area contributed by atoms with Gasteiger partial charge >= 0.3 is 0 Å². The van der Waals surface area contributed by atoms with E-state index in [0.29, 0.717) is 23.7 Å². The lowest BCUT2D eigenvalue weighted by atomic mass is 9.98. The molecule has 0 bridgehead atoms. The summed E-state index contributed by atoms with van der Waals surface area (Å²) in [7, 11) is 0. The maximum Gasteiger partial charge on any atom is 0.142 e. The van der Waals surface area contributed by atoms with Crippen molar-refractivity contribution in [3.63, 3.8) is 0 Å². The van der Waals surface area contributed by atoms with Gasteiger partial charge in [-0.2, -0.15) is 0 Å². The van der Waals surface area contributed by atoms with Gasteiger partial charge in [-0.15, -0.1) is 0 Å². The number of hydrogen-bond acceptors (Lipinski definition) is 4. The van der Waals surface area contributed by atoms with Crippen LogP contribution in [0.25, 0.3) is 0 Å². The molecule has 3 unspecified atom stereocenters. The Kier molecular flexibility index (Phi) is 2.96. The predicted molar refractivity (Wildman–Crippen MR) is 71.1 cm³/mol. The molecular weight excluding hydrogens is 240 g/mol. The standard InChI is InChI=1S/C15H20N2O2/c1-8(2)14-6-13(17-18-14)12-5-11(12)10(4)15-9(3)7-16-19-15/h6-8,10-12H,5H2,1-4H3. The van der Waals surface area contributed by atoms with Gasteiger partial charge in [-0.25, -0.2) is 0 Å². The molecular formula is C15H20N2O2. The zero-order valence-corrected chi connectivity index (χ0v) is 11.9. The first kappa shape index (κ1) is 12.5. The molecule has 0 N–H and O–H groups in total. The molecule has 0 spiro atoms. The highest BCUT2D eigenvalue weighted by molar-refractivity contribution is 5.25. The highest BCUT2D eigenvalue weighted by Gasteiger charge is 2.46. The van der Waals surface area contributed by atoms with E-state index in [2.05, 4.69) is 37.2 Å². The van der Waals surface area contributed by atoms with E-state index in [1.807, 2.05) is 6.92 Å². The Balaban J connectivity index is 1.72. The van der Waals surface area contributed by atoms with Crippen LogP contribution in [0.3, 0.4) is 0 Å². The first-order chi connectivity index (χ1) is 9.08. The average molecular weight is 260 g/mol. The number of rotatable bonds is 4. The van der Waals surface area contributed by atoms with Crippen molar-refractivity contribution in [1.29, 1.82) is 0 Å².